The minimum absolute atomic E-state index is 0.0883. The number of carbonyl (C=O) groups excluding carboxylic acids is 1. The Morgan fingerprint density at radius 2 is 1.72 bits per heavy atom. The lowest BCUT2D eigenvalue weighted by atomic mass is 10.1. The molecule has 32 heavy (non-hydrogen) atoms. The molecular formula is C26H32N4O2. The Kier molecular flexibility index (Phi) is 6.63. The second kappa shape index (κ2) is 9.59. The van der Waals surface area contributed by atoms with Gasteiger partial charge in [-0.3, -0.25) is 9.69 Å². The molecule has 0 spiro atoms. The Hall–Kier alpha value is -3.09. The average molecular weight is 433 g/mol. The van der Waals surface area contributed by atoms with Gasteiger partial charge in [-0.2, -0.15) is 0 Å². The average Bonchev–Trinajstić information content (AvgIpc) is 3.09. The van der Waals surface area contributed by atoms with Crippen LogP contribution in [0.15, 0.2) is 54.6 Å². The minimum Gasteiger partial charge on any atom is -0.497 e. The molecule has 0 bridgehead atoms. The molecule has 1 saturated heterocycles. The van der Waals surface area contributed by atoms with Crippen LogP contribution in [0.2, 0.25) is 0 Å². The van der Waals surface area contributed by atoms with E-state index in [-0.39, 0.29) is 5.91 Å². The van der Waals surface area contributed by atoms with Crippen molar-refractivity contribution in [3.05, 3.63) is 77.1 Å². The lowest BCUT2D eigenvalue weighted by Gasteiger charge is -2.32. The van der Waals surface area contributed by atoms with Gasteiger partial charge in [0.1, 0.15) is 5.75 Å². The molecule has 6 heteroatoms. The molecule has 0 unspecified atom stereocenters. The highest BCUT2D eigenvalue weighted by molar-refractivity contribution is 6.05. The maximum atomic E-state index is 13.1. The van der Waals surface area contributed by atoms with Gasteiger partial charge in [0.05, 0.1) is 12.7 Å². The Bertz CT molecular complexity index is 1080. The van der Waals surface area contributed by atoms with Crippen LogP contribution < -0.4 is 10.1 Å². The molecule has 0 saturated carbocycles. The Morgan fingerprint density at radius 3 is 2.41 bits per heavy atom. The van der Waals surface area contributed by atoms with Crippen LogP contribution in [0, 0.1) is 13.8 Å². The van der Waals surface area contributed by atoms with Crippen LogP contribution in [0.5, 0.6) is 5.75 Å². The number of nitrogens with one attached hydrogen (secondary N) is 1. The van der Waals surface area contributed by atoms with Crippen molar-refractivity contribution in [2.24, 2.45) is 0 Å². The van der Waals surface area contributed by atoms with Crippen LogP contribution >= 0.6 is 0 Å². The number of carbonyl (C=O) groups is 1. The fourth-order valence-corrected chi connectivity index (χ4v) is 4.33. The first kappa shape index (κ1) is 22.1. The van der Waals surface area contributed by atoms with E-state index >= 15 is 0 Å². The first-order chi connectivity index (χ1) is 15.4. The zero-order valence-electron chi connectivity index (χ0n) is 19.4. The number of piperazine rings is 1. The summed E-state index contributed by atoms with van der Waals surface area (Å²) in [7, 11) is 3.82. The smallest absolute Gasteiger partial charge is 0.257 e. The number of nitrogens with zero attached hydrogens (tertiary/aromatic N) is 3. The van der Waals surface area contributed by atoms with E-state index in [2.05, 4.69) is 38.9 Å². The van der Waals surface area contributed by atoms with Gasteiger partial charge in [-0.25, -0.2) is 0 Å². The van der Waals surface area contributed by atoms with E-state index in [0.717, 1.165) is 61.2 Å². The number of anilines is 1. The zero-order valence-corrected chi connectivity index (χ0v) is 19.4. The van der Waals surface area contributed by atoms with Crippen molar-refractivity contribution in [3.8, 4) is 11.4 Å². The van der Waals surface area contributed by atoms with Gasteiger partial charge in [-0.05, 0) is 68.9 Å². The van der Waals surface area contributed by atoms with Crippen molar-refractivity contribution in [2.75, 3.05) is 45.7 Å². The molecule has 0 atom stereocenters. The number of rotatable bonds is 6. The molecule has 1 aliphatic heterocycles. The number of ether oxygens (including phenoxy) is 1. The van der Waals surface area contributed by atoms with Crippen LogP contribution in [-0.2, 0) is 6.54 Å². The molecule has 1 amide bonds. The predicted molar refractivity (Wildman–Crippen MR) is 129 cm³/mol. The van der Waals surface area contributed by atoms with Crippen LogP contribution in [0.1, 0.15) is 27.3 Å². The molecule has 0 aliphatic carbocycles. The number of methoxy groups -OCH3 is 1. The minimum atomic E-state index is -0.0883. The number of aromatic nitrogens is 1. The summed E-state index contributed by atoms with van der Waals surface area (Å²) in [5.74, 6) is 0.722. The van der Waals surface area contributed by atoms with Gasteiger partial charge in [-0.1, -0.05) is 12.1 Å². The van der Waals surface area contributed by atoms with E-state index in [0.29, 0.717) is 5.56 Å². The summed E-state index contributed by atoms with van der Waals surface area (Å²) < 4.78 is 7.35. The van der Waals surface area contributed by atoms with Crippen LogP contribution in [0.25, 0.3) is 5.69 Å². The normalized spacial score (nSPS) is 15.0. The van der Waals surface area contributed by atoms with Gasteiger partial charge in [0.25, 0.3) is 5.91 Å². The Morgan fingerprint density at radius 1 is 1.00 bits per heavy atom. The number of hydrogen-bond acceptors (Lipinski definition) is 4. The third-order valence-electron chi connectivity index (χ3n) is 6.19. The summed E-state index contributed by atoms with van der Waals surface area (Å²) in [5, 5.41) is 3.09. The molecule has 2 aromatic carbocycles. The molecule has 1 fully saturated rings. The van der Waals surface area contributed by atoms with Crippen molar-refractivity contribution in [3.63, 3.8) is 0 Å². The van der Waals surface area contributed by atoms with Gasteiger partial charge in [-0.15, -0.1) is 0 Å². The van der Waals surface area contributed by atoms with Crippen molar-refractivity contribution >= 4 is 11.6 Å². The summed E-state index contributed by atoms with van der Waals surface area (Å²) in [5.41, 5.74) is 5.67. The monoisotopic (exact) mass is 432 g/mol. The lowest BCUT2D eigenvalue weighted by molar-refractivity contribution is 0.102. The number of benzene rings is 2. The molecule has 0 radical (unpaired) electrons. The van der Waals surface area contributed by atoms with Gasteiger partial charge in [0, 0.05) is 55.5 Å². The fraction of sp³-hybridized carbons (Fsp3) is 0.346. The Balaban J connectivity index is 1.48. The number of likely N-dealkylation sites (N-methyl/N-ethyl adjacent to an activating group) is 1. The van der Waals surface area contributed by atoms with E-state index in [9.17, 15) is 4.79 Å². The van der Waals surface area contributed by atoms with Crippen molar-refractivity contribution in [1.82, 2.24) is 14.4 Å². The van der Waals surface area contributed by atoms with Gasteiger partial charge in [0.2, 0.25) is 0 Å². The number of hydrogen-bond donors (Lipinski definition) is 1. The summed E-state index contributed by atoms with van der Waals surface area (Å²) in [6, 6.07) is 18.0. The maximum absolute atomic E-state index is 13.1. The molecule has 3 aromatic rings. The van der Waals surface area contributed by atoms with E-state index < -0.39 is 0 Å². The molecule has 2 heterocycles. The third kappa shape index (κ3) is 4.87. The van der Waals surface area contributed by atoms with Crippen LogP contribution in [0.3, 0.4) is 0 Å². The highest BCUT2D eigenvalue weighted by Crippen LogP contribution is 2.24. The van der Waals surface area contributed by atoms with Gasteiger partial charge in [0.15, 0.2) is 0 Å². The van der Waals surface area contributed by atoms with Gasteiger partial charge >= 0.3 is 0 Å². The first-order valence-electron chi connectivity index (χ1n) is 11.1. The third-order valence-corrected chi connectivity index (χ3v) is 6.19. The first-order valence-corrected chi connectivity index (χ1v) is 11.1. The van der Waals surface area contributed by atoms with E-state index in [1.807, 2.05) is 56.3 Å². The summed E-state index contributed by atoms with van der Waals surface area (Å²) >= 11 is 0. The number of aryl methyl sites for hydroxylation is 1. The van der Waals surface area contributed by atoms with Crippen molar-refractivity contribution in [1.29, 1.82) is 0 Å². The zero-order chi connectivity index (χ0) is 22.7. The standard InChI is InChI=1S/C26H32N4O2/c1-19-16-25(20(2)30(19)23-8-10-24(32-4)11-9-23)26(31)27-22-7-5-6-21(17-22)18-29-14-12-28(3)13-15-29/h5-11,16-17H,12-15,18H2,1-4H3,(H,27,31). The summed E-state index contributed by atoms with van der Waals surface area (Å²) in [6.45, 7) is 9.25. The largest absolute Gasteiger partial charge is 0.497 e. The molecule has 4 rings (SSSR count). The summed E-state index contributed by atoms with van der Waals surface area (Å²) in [6.07, 6.45) is 0. The molecule has 6 nitrogen and oxygen atoms in total. The Labute approximate surface area is 190 Å². The SMILES string of the molecule is COc1ccc(-n2c(C)cc(C(=O)Nc3cccc(CN4CCN(C)CC4)c3)c2C)cc1. The molecular weight excluding hydrogens is 400 g/mol. The van der Waals surface area contributed by atoms with E-state index in [1.54, 1.807) is 7.11 Å². The quantitative estimate of drug-likeness (QED) is 0.637. The van der Waals surface area contributed by atoms with Crippen LogP contribution in [-0.4, -0.2) is 60.6 Å². The molecule has 1 aromatic heterocycles. The predicted octanol–water partition coefficient (Wildman–Crippen LogP) is 4.10. The van der Waals surface area contributed by atoms with Gasteiger partial charge < -0.3 is 19.5 Å². The van der Waals surface area contributed by atoms with Crippen LogP contribution in [0.4, 0.5) is 5.69 Å². The second-order valence-electron chi connectivity index (χ2n) is 8.55. The number of amides is 1. The fourth-order valence-electron chi connectivity index (χ4n) is 4.33. The topological polar surface area (TPSA) is 49.7 Å². The lowest BCUT2D eigenvalue weighted by Crippen LogP contribution is -2.43. The molecule has 168 valence electrons. The molecule has 1 aliphatic rings. The maximum Gasteiger partial charge on any atom is 0.257 e. The summed E-state index contributed by atoms with van der Waals surface area (Å²) in [4.78, 5) is 17.9. The second-order valence-corrected chi connectivity index (χ2v) is 8.55. The molecule has 1 N–H and O–H groups in total. The van der Waals surface area contributed by atoms with E-state index in [1.165, 1.54) is 5.56 Å². The van der Waals surface area contributed by atoms with Crippen molar-refractivity contribution < 1.29 is 9.53 Å². The van der Waals surface area contributed by atoms with Crippen molar-refractivity contribution in [2.45, 2.75) is 20.4 Å². The highest BCUT2D eigenvalue weighted by atomic mass is 16.5. The highest BCUT2D eigenvalue weighted by Gasteiger charge is 2.18. The van der Waals surface area contributed by atoms with E-state index in [4.69, 9.17) is 4.74 Å².